The lowest BCUT2D eigenvalue weighted by atomic mass is 10.0. The van der Waals surface area contributed by atoms with Crippen molar-refractivity contribution in [1.29, 1.82) is 0 Å². The minimum atomic E-state index is -0.120. The highest BCUT2D eigenvalue weighted by Crippen LogP contribution is 2.27. The van der Waals surface area contributed by atoms with Crippen molar-refractivity contribution < 1.29 is 14.3 Å². The van der Waals surface area contributed by atoms with Gasteiger partial charge in [-0.1, -0.05) is 6.07 Å². The molecule has 2 rings (SSSR count). The zero-order valence-corrected chi connectivity index (χ0v) is 12.7. The summed E-state index contributed by atoms with van der Waals surface area (Å²) in [5.41, 5.74) is 3.65. The third kappa shape index (κ3) is 2.80. The Morgan fingerprint density at radius 1 is 1.30 bits per heavy atom. The van der Waals surface area contributed by atoms with Gasteiger partial charge in [-0.25, -0.2) is 0 Å². The van der Waals surface area contributed by atoms with E-state index >= 15 is 0 Å². The third-order valence-corrected chi connectivity index (χ3v) is 4.28. The van der Waals surface area contributed by atoms with Crippen LogP contribution in [0.15, 0.2) is 12.1 Å². The van der Waals surface area contributed by atoms with Crippen molar-refractivity contribution in [2.45, 2.75) is 39.3 Å². The summed E-state index contributed by atoms with van der Waals surface area (Å²) < 4.78 is 10.2. The molecule has 0 saturated carbocycles. The van der Waals surface area contributed by atoms with E-state index < -0.39 is 0 Å². The van der Waals surface area contributed by atoms with Crippen molar-refractivity contribution in [1.82, 2.24) is 4.90 Å². The number of methoxy groups -OCH3 is 2. The van der Waals surface area contributed by atoms with E-state index in [1.54, 1.807) is 7.11 Å². The lowest BCUT2D eigenvalue weighted by molar-refractivity contribution is -0.146. The summed E-state index contributed by atoms with van der Waals surface area (Å²) in [6.07, 6.45) is 1.94. The van der Waals surface area contributed by atoms with Crippen LogP contribution in [-0.4, -0.2) is 37.7 Å². The van der Waals surface area contributed by atoms with E-state index in [0.29, 0.717) is 0 Å². The number of carbonyl (C=O) groups excluding carboxylic acids is 1. The van der Waals surface area contributed by atoms with Crippen LogP contribution in [0.4, 0.5) is 0 Å². The Labute approximate surface area is 120 Å². The minimum Gasteiger partial charge on any atom is -0.496 e. The van der Waals surface area contributed by atoms with E-state index in [4.69, 9.17) is 9.47 Å². The fourth-order valence-electron chi connectivity index (χ4n) is 2.88. The molecule has 0 amide bonds. The molecule has 1 aromatic rings. The zero-order valence-electron chi connectivity index (χ0n) is 12.7. The first-order valence-electron chi connectivity index (χ1n) is 7.03. The van der Waals surface area contributed by atoms with Gasteiger partial charge in [-0.05, 0) is 56.0 Å². The minimum absolute atomic E-state index is 0.0955. The fraction of sp³-hybridized carbons (Fsp3) is 0.562. The average molecular weight is 277 g/mol. The Balaban J connectivity index is 2.18. The van der Waals surface area contributed by atoms with Crippen molar-refractivity contribution in [2.75, 3.05) is 20.8 Å². The van der Waals surface area contributed by atoms with Crippen molar-refractivity contribution in [2.24, 2.45) is 0 Å². The Hall–Kier alpha value is -1.55. The van der Waals surface area contributed by atoms with Crippen LogP contribution < -0.4 is 4.74 Å². The van der Waals surface area contributed by atoms with Crippen LogP contribution >= 0.6 is 0 Å². The second kappa shape index (κ2) is 6.27. The maximum absolute atomic E-state index is 11.8. The number of carbonyl (C=O) groups is 1. The predicted molar refractivity (Wildman–Crippen MR) is 77.9 cm³/mol. The maximum atomic E-state index is 11.8. The molecule has 0 N–H and O–H groups in total. The summed E-state index contributed by atoms with van der Waals surface area (Å²) in [6, 6.07) is 4.00. The van der Waals surface area contributed by atoms with Crippen molar-refractivity contribution in [3.63, 3.8) is 0 Å². The Kier molecular flexibility index (Phi) is 4.65. The monoisotopic (exact) mass is 277 g/mol. The number of rotatable bonds is 4. The number of hydrogen-bond donors (Lipinski definition) is 0. The molecule has 1 atom stereocenters. The van der Waals surface area contributed by atoms with Crippen LogP contribution in [0.5, 0.6) is 5.75 Å². The van der Waals surface area contributed by atoms with Gasteiger partial charge in [0.15, 0.2) is 0 Å². The Bertz CT molecular complexity index is 499. The number of likely N-dealkylation sites (tertiary alicyclic amines) is 1. The molecular formula is C16H23NO3. The van der Waals surface area contributed by atoms with Crippen LogP contribution in [0.2, 0.25) is 0 Å². The first-order chi connectivity index (χ1) is 9.58. The van der Waals surface area contributed by atoms with Gasteiger partial charge in [0.2, 0.25) is 0 Å². The van der Waals surface area contributed by atoms with Crippen molar-refractivity contribution in [3.05, 3.63) is 28.8 Å². The highest BCUT2D eigenvalue weighted by atomic mass is 16.5. The van der Waals surface area contributed by atoms with Crippen LogP contribution in [0.25, 0.3) is 0 Å². The van der Waals surface area contributed by atoms with E-state index in [-0.39, 0.29) is 12.0 Å². The fourth-order valence-corrected chi connectivity index (χ4v) is 2.88. The summed E-state index contributed by atoms with van der Waals surface area (Å²) in [5.74, 6) is 0.794. The summed E-state index contributed by atoms with van der Waals surface area (Å²) in [7, 11) is 3.15. The molecule has 4 nitrogen and oxygen atoms in total. The first kappa shape index (κ1) is 14.9. The van der Waals surface area contributed by atoms with E-state index in [2.05, 4.69) is 24.8 Å². The quantitative estimate of drug-likeness (QED) is 0.792. The highest BCUT2D eigenvalue weighted by molar-refractivity contribution is 5.76. The molecule has 1 saturated heterocycles. The van der Waals surface area contributed by atoms with Gasteiger partial charge in [0, 0.05) is 6.54 Å². The Morgan fingerprint density at radius 3 is 2.70 bits per heavy atom. The van der Waals surface area contributed by atoms with Crippen LogP contribution in [-0.2, 0) is 16.1 Å². The molecule has 1 aromatic carbocycles. The molecule has 110 valence electrons. The molecule has 0 bridgehead atoms. The number of ether oxygens (including phenoxy) is 2. The van der Waals surface area contributed by atoms with Gasteiger partial charge in [0.05, 0.1) is 14.2 Å². The zero-order chi connectivity index (χ0) is 14.7. The lowest BCUT2D eigenvalue weighted by Crippen LogP contribution is -2.36. The molecule has 1 aliphatic heterocycles. The lowest BCUT2D eigenvalue weighted by Gasteiger charge is -2.24. The number of esters is 1. The van der Waals surface area contributed by atoms with E-state index in [0.717, 1.165) is 31.7 Å². The molecular weight excluding hydrogens is 254 g/mol. The van der Waals surface area contributed by atoms with Crippen LogP contribution in [0, 0.1) is 13.8 Å². The van der Waals surface area contributed by atoms with Gasteiger partial charge in [0.1, 0.15) is 11.8 Å². The number of hydrogen-bond acceptors (Lipinski definition) is 4. The summed E-state index contributed by atoms with van der Waals surface area (Å²) in [6.45, 7) is 5.91. The first-order valence-corrected chi connectivity index (χ1v) is 7.03. The molecule has 20 heavy (non-hydrogen) atoms. The van der Waals surface area contributed by atoms with E-state index in [1.807, 2.05) is 6.07 Å². The smallest absolute Gasteiger partial charge is 0.323 e. The Morgan fingerprint density at radius 2 is 2.05 bits per heavy atom. The molecule has 0 unspecified atom stereocenters. The SMILES string of the molecule is COC(=O)[C@H]1CCCN1Cc1ccc(OC)c(C)c1C. The van der Waals surface area contributed by atoms with Crippen molar-refractivity contribution in [3.8, 4) is 5.75 Å². The summed E-state index contributed by atoms with van der Waals surface area (Å²) >= 11 is 0. The highest BCUT2D eigenvalue weighted by Gasteiger charge is 2.31. The topological polar surface area (TPSA) is 38.8 Å². The average Bonchev–Trinajstić information content (AvgIpc) is 2.91. The second-order valence-corrected chi connectivity index (χ2v) is 5.33. The van der Waals surface area contributed by atoms with Crippen LogP contribution in [0.1, 0.15) is 29.5 Å². The largest absolute Gasteiger partial charge is 0.496 e. The third-order valence-electron chi connectivity index (χ3n) is 4.28. The predicted octanol–water partition coefficient (Wildman–Crippen LogP) is 2.45. The molecule has 1 aliphatic rings. The molecule has 0 aromatic heterocycles. The van der Waals surface area contributed by atoms with Gasteiger partial charge in [-0.2, -0.15) is 0 Å². The van der Waals surface area contributed by atoms with Crippen LogP contribution in [0.3, 0.4) is 0 Å². The van der Waals surface area contributed by atoms with Gasteiger partial charge in [-0.15, -0.1) is 0 Å². The summed E-state index contributed by atoms with van der Waals surface area (Å²) in [4.78, 5) is 14.0. The van der Waals surface area contributed by atoms with Gasteiger partial charge < -0.3 is 9.47 Å². The van der Waals surface area contributed by atoms with Gasteiger partial charge in [0.25, 0.3) is 0 Å². The molecule has 4 heteroatoms. The molecule has 1 fully saturated rings. The van der Waals surface area contributed by atoms with E-state index in [1.165, 1.54) is 23.8 Å². The molecule has 1 heterocycles. The summed E-state index contributed by atoms with van der Waals surface area (Å²) in [5, 5.41) is 0. The van der Waals surface area contributed by atoms with Crippen molar-refractivity contribution >= 4 is 5.97 Å². The standard InChI is InChI=1S/C16H23NO3/c1-11-12(2)15(19-3)8-7-13(11)10-17-9-5-6-14(17)16(18)20-4/h7-8,14H,5-6,9-10H2,1-4H3/t14-/m1/s1. The van der Waals surface area contributed by atoms with E-state index in [9.17, 15) is 4.79 Å². The maximum Gasteiger partial charge on any atom is 0.323 e. The van der Waals surface area contributed by atoms with Gasteiger partial charge >= 0.3 is 5.97 Å². The number of nitrogens with zero attached hydrogens (tertiary/aromatic N) is 1. The number of benzene rings is 1. The molecule has 0 aliphatic carbocycles. The van der Waals surface area contributed by atoms with Gasteiger partial charge in [-0.3, -0.25) is 9.69 Å². The molecule has 0 spiro atoms. The molecule has 0 radical (unpaired) electrons. The normalized spacial score (nSPS) is 19.1. The second-order valence-electron chi connectivity index (χ2n) is 5.33.